The van der Waals surface area contributed by atoms with Crippen molar-refractivity contribution in [2.24, 2.45) is 11.3 Å². The molecule has 28 heavy (non-hydrogen) atoms. The Hall–Kier alpha value is -1.92. The summed E-state index contributed by atoms with van der Waals surface area (Å²) in [6, 6.07) is 10.7. The molecule has 1 aromatic carbocycles. The molecule has 1 aromatic heterocycles. The predicted octanol–water partition coefficient (Wildman–Crippen LogP) is 2.33. The maximum Gasteiger partial charge on any atom is 0.291 e. The highest BCUT2D eigenvalue weighted by atomic mass is 35.5. The summed E-state index contributed by atoms with van der Waals surface area (Å²) < 4.78 is 2.05. The number of aryl methyl sites for hydroxylation is 2. The number of amides is 1. The molecule has 5 rings (SSSR count). The van der Waals surface area contributed by atoms with Crippen molar-refractivity contribution in [3.05, 3.63) is 47.5 Å². The van der Waals surface area contributed by atoms with Gasteiger partial charge in [0.05, 0.1) is 0 Å². The van der Waals surface area contributed by atoms with Gasteiger partial charge in [-0.1, -0.05) is 30.3 Å². The van der Waals surface area contributed by atoms with Crippen molar-refractivity contribution in [1.29, 1.82) is 0 Å². The molecule has 0 spiro atoms. The maximum absolute atomic E-state index is 13.2. The van der Waals surface area contributed by atoms with Gasteiger partial charge in [0.25, 0.3) is 5.91 Å². The first-order valence-corrected chi connectivity index (χ1v) is 10.2. The zero-order valence-corrected chi connectivity index (χ0v) is 17.0. The molecule has 1 N–H and O–H groups in total. The number of halogens is 1. The van der Waals surface area contributed by atoms with E-state index in [9.17, 15) is 4.79 Å². The fourth-order valence-electron chi connectivity index (χ4n) is 5.18. The Kier molecular flexibility index (Phi) is 5.43. The van der Waals surface area contributed by atoms with E-state index in [4.69, 9.17) is 0 Å². The van der Waals surface area contributed by atoms with Crippen LogP contribution in [0.1, 0.15) is 41.3 Å². The monoisotopic (exact) mass is 401 g/mol. The second-order valence-corrected chi connectivity index (χ2v) is 8.41. The van der Waals surface area contributed by atoms with Gasteiger partial charge in [-0.05, 0) is 37.2 Å². The first-order valence-electron chi connectivity index (χ1n) is 10.2. The van der Waals surface area contributed by atoms with Gasteiger partial charge in [-0.15, -0.1) is 22.6 Å². The van der Waals surface area contributed by atoms with Gasteiger partial charge < -0.3 is 14.8 Å². The maximum atomic E-state index is 13.2. The van der Waals surface area contributed by atoms with E-state index in [1.165, 1.54) is 5.56 Å². The Morgan fingerprint density at radius 1 is 1.21 bits per heavy atom. The number of nitrogens with one attached hydrogen (secondary N) is 1. The minimum absolute atomic E-state index is 0. The number of carbonyl (C=O) groups excluding carboxylic acids is 1. The number of nitrogens with zero attached hydrogens (tertiary/aromatic N) is 4. The number of fused-ring (bicyclic) bond motifs is 2. The first-order chi connectivity index (χ1) is 13.3. The molecule has 2 fully saturated rings. The largest absolute Gasteiger partial charge is 0.335 e. The summed E-state index contributed by atoms with van der Waals surface area (Å²) in [6.07, 6.45) is 5.39. The highest BCUT2D eigenvalue weighted by molar-refractivity contribution is 5.91. The molecule has 0 saturated carbocycles. The van der Waals surface area contributed by atoms with Gasteiger partial charge in [0, 0.05) is 44.6 Å². The quantitative estimate of drug-likeness (QED) is 0.854. The van der Waals surface area contributed by atoms with E-state index in [1.807, 2.05) is 4.90 Å². The van der Waals surface area contributed by atoms with Crippen LogP contribution in [-0.2, 0) is 19.4 Å². The molecule has 0 aliphatic carbocycles. The lowest BCUT2D eigenvalue weighted by Gasteiger charge is -2.28. The molecular formula is C21H28ClN5O. The number of rotatable bonds is 4. The van der Waals surface area contributed by atoms with Crippen LogP contribution in [0.5, 0.6) is 0 Å². The van der Waals surface area contributed by atoms with E-state index in [0.717, 1.165) is 70.7 Å². The highest BCUT2D eigenvalue weighted by Gasteiger charge is 2.50. The van der Waals surface area contributed by atoms with Crippen LogP contribution >= 0.6 is 12.4 Å². The summed E-state index contributed by atoms with van der Waals surface area (Å²) in [7, 11) is 0. The van der Waals surface area contributed by atoms with Crippen molar-refractivity contribution in [2.75, 3.05) is 26.2 Å². The summed E-state index contributed by atoms with van der Waals surface area (Å²) in [5.74, 6) is 2.14. The molecule has 3 aliphatic heterocycles. The van der Waals surface area contributed by atoms with Crippen LogP contribution in [0.3, 0.4) is 0 Å². The Morgan fingerprint density at radius 2 is 2.07 bits per heavy atom. The van der Waals surface area contributed by atoms with E-state index in [-0.39, 0.29) is 23.7 Å². The molecule has 7 heteroatoms. The minimum Gasteiger partial charge on any atom is -0.335 e. The van der Waals surface area contributed by atoms with E-state index < -0.39 is 0 Å². The van der Waals surface area contributed by atoms with Crippen LogP contribution in [0.2, 0.25) is 0 Å². The lowest BCUT2D eigenvalue weighted by molar-refractivity contribution is 0.0750. The molecule has 4 heterocycles. The Morgan fingerprint density at radius 3 is 2.93 bits per heavy atom. The van der Waals surface area contributed by atoms with Gasteiger partial charge in [-0.2, -0.15) is 0 Å². The minimum atomic E-state index is 0. The van der Waals surface area contributed by atoms with Crippen LogP contribution in [0, 0.1) is 11.3 Å². The SMILES string of the molecule is Cl.O=C(c1nnc2n1CCCC2)N1CC2CNCC2(CCc2ccccc2)C1. The van der Waals surface area contributed by atoms with Gasteiger partial charge in [0.15, 0.2) is 0 Å². The van der Waals surface area contributed by atoms with Crippen LogP contribution in [-0.4, -0.2) is 51.8 Å². The lowest BCUT2D eigenvalue weighted by atomic mass is 9.76. The molecule has 1 amide bonds. The van der Waals surface area contributed by atoms with Gasteiger partial charge in [0.2, 0.25) is 5.82 Å². The van der Waals surface area contributed by atoms with Gasteiger partial charge in [-0.3, -0.25) is 4.79 Å². The number of aromatic nitrogens is 3. The normalized spacial score (nSPS) is 25.9. The number of hydrogen-bond donors (Lipinski definition) is 1. The van der Waals surface area contributed by atoms with Crippen LogP contribution < -0.4 is 5.32 Å². The molecule has 2 unspecified atom stereocenters. The molecule has 2 aromatic rings. The number of likely N-dealkylation sites (tertiary alicyclic amines) is 1. The Balaban J connectivity index is 0.00000192. The number of carbonyl (C=O) groups is 1. The Bertz CT molecular complexity index is 839. The molecule has 6 nitrogen and oxygen atoms in total. The van der Waals surface area contributed by atoms with Crippen molar-refractivity contribution in [3.63, 3.8) is 0 Å². The van der Waals surface area contributed by atoms with Crippen molar-refractivity contribution in [2.45, 2.75) is 38.6 Å². The van der Waals surface area contributed by atoms with Gasteiger partial charge in [-0.25, -0.2) is 0 Å². The van der Waals surface area contributed by atoms with Crippen molar-refractivity contribution in [1.82, 2.24) is 25.0 Å². The molecule has 3 aliphatic rings. The van der Waals surface area contributed by atoms with Crippen molar-refractivity contribution in [3.8, 4) is 0 Å². The van der Waals surface area contributed by atoms with E-state index in [2.05, 4.69) is 50.4 Å². The molecule has 0 bridgehead atoms. The van der Waals surface area contributed by atoms with Gasteiger partial charge >= 0.3 is 0 Å². The molecule has 0 radical (unpaired) electrons. The van der Waals surface area contributed by atoms with Gasteiger partial charge in [0.1, 0.15) is 5.82 Å². The molecular weight excluding hydrogens is 374 g/mol. The van der Waals surface area contributed by atoms with E-state index in [1.54, 1.807) is 0 Å². The lowest BCUT2D eigenvalue weighted by Crippen LogP contribution is -2.37. The summed E-state index contributed by atoms with van der Waals surface area (Å²) in [5, 5.41) is 12.1. The average molecular weight is 402 g/mol. The Labute approximate surface area is 172 Å². The third-order valence-electron chi connectivity index (χ3n) is 6.77. The average Bonchev–Trinajstić information content (AvgIpc) is 3.39. The van der Waals surface area contributed by atoms with E-state index in [0.29, 0.717) is 11.7 Å². The molecule has 2 atom stereocenters. The second-order valence-electron chi connectivity index (χ2n) is 8.41. The number of hydrogen-bond acceptors (Lipinski definition) is 4. The van der Waals surface area contributed by atoms with Crippen LogP contribution in [0.25, 0.3) is 0 Å². The fraction of sp³-hybridized carbons (Fsp3) is 0.571. The fourth-order valence-corrected chi connectivity index (χ4v) is 5.18. The summed E-state index contributed by atoms with van der Waals surface area (Å²) in [6.45, 7) is 4.56. The summed E-state index contributed by atoms with van der Waals surface area (Å²) in [5.41, 5.74) is 1.57. The van der Waals surface area contributed by atoms with Crippen molar-refractivity contribution >= 4 is 18.3 Å². The third kappa shape index (κ3) is 3.33. The topological polar surface area (TPSA) is 63.1 Å². The summed E-state index contributed by atoms with van der Waals surface area (Å²) >= 11 is 0. The standard InChI is InChI=1S/C21H27N5O.ClH/c27-20(19-24-23-18-8-4-5-11-26(18)19)25-13-17-12-22-14-21(17,15-25)10-9-16-6-2-1-3-7-16;/h1-3,6-7,17,22H,4-5,8-15H2;1H. The van der Waals surface area contributed by atoms with Crippen LogP contribution in [0.15, 0.2) is 30.3 Å². The van der Waals surface area contributed by atoms with Crippen LogP contribution in [0.4, 0.5) is 0 Å². The number of benzene rings is 1. The first kappa shape index (κ1) is 19.4. The van der Waals surface area contributed by atoms with E-state index >= 15 is 0 Å². The molecule has 150 valence electrons. The highest BCUT2D eigenvalue weighted by Crippen LogP contribution is 2.43. The summed E-state index contributed by atoms with van der Waals surface area (Å²) in [4.78, 5) is 15.3. The smallest absolute Gasteiger partial charge is 0.291 e. The second kappa shape index (κ2) is 7.84. The zero-order chi connectivity index (χ0) is 18.3. The molecule has 2 saturated heterocycles. The zero-order valence-electron chi connectivity index (χ0n) is 16.1. The third-order valence-corrected chi connectivity index (χ3v) is 6.77. The predicted molar refractivity (Wildman–Crippen MR) is 110 cm³/mol. The van der Waals surface area contributed by atoms with Crippen molar-refractivity contribution < 1.29 is 4.79 Å².